The Labute approximate surface area is 119 Å². The van der Waals surface area contributed by atoms with Gasteiger partial charge in [0.25, 0.3) is 0 Å². The van der Waals surface area contributed by atoms with Crippen molar-refractivity contribution < 1.29 is 9.84 Å². The Hall–Kier alpha value is -2.25. The highest BCUT2D eigenvalue weighted by atomic mass is 16.5. The van der Waals surface area contributed by atoms with Gasteiger partial charge in [0.15, 0.2) is 0 Å². The maximum Gasteiger partial charge on any atom is 0.122 e. The van der Waals surface area contributed by atoms with Gasteiger partial charge in [-0.1, -0.05) is 11.8 Å². The van der Waals surface area contributed by atoms with E-state index >= 15 is 0 Å². The topological polar surface area (TPSA) is 47.3 Å². The van der Waals surface area contributed by atoms with Crippen LogP contribution < -0.4 is 4.74 Å². The molecule has 0 atom stereocenters. The van der Waals surface area contributed by atoms with E-state index in [4.69, 9.17) is 9.84 Å². The predicted octanol–water partition coefficient (Wildman–Crippen LogP) is 1.92. The van der Waals surface area contributed by atoms with E-state index in [2.05, 4.69) is 21.4 Å². The number of aryl methyl sites for hydroxylation is 2. The predicted molar refractivity (Wildman–Crippen MR) is 77.6 cm³/mol. The van der Waals surface area contributed by atoms with Crippen LogP contribution in [0.4, 0.5) is 0 Å². The van der Waals surface area contributed by atoms with E-state index in [1.807, 2.05) is 38.2 Å². The average molecular weight is 270 g/mol. The standard InChI is InChI=1S/C16H18N2O2/c1-13-12-15(4-3-10-19)5-6-16(13)20-11-9-18-8-7-17-14(18)2/h5-8,12,19H,9-11H2,1-2H3. The Morgan fingerprint density at radius 3 is 2.85 bits per heavy atom. The number of aromatic nitrogens is 2. The largest absolute Gasteiger partial charge is 0.491 e. The first-order valence-corrected chi connectivity index (χ1v) is 6.51. The Kier molecular flexibility index (Phi) is 4.80. The molecule has 0 bridgehead atoms. The van der Waals surface area contributed by atoms with Crippen molar-refractivity contribution in [1.29, 1.82) is 0 Å². The lowest BCUT2D eigenvalue weighted by atomic mass is 10.1. The Morgan fingerprint density at radius 2 is 2.20 bits per heavy atom. The summed E-state index contributed by atoms with van der Waals surface area (Å²) in [7, 11) is 0. The van der Waals surface area contributed by atoms with E-state index in [1.54, 1.807) is 6.20 Å². The van der Waals surface area contributed by atoms with Crippen LogP contribution in [0, 0.1) is 25.7 Å². The second-order valence-corrected chi connectivity index (χ2v) is 4.46. The molecule has 4 heteroatoms. The van der Waals surface area contributed by atoms with Gasteiger partial charge in [-0.2, -0.15) is 0 Å². The van der Waals surface area contributed by atoms with Gasteiger partial charge in [0.05, 0.1) is 6.54 Å². The summed E-state index contributed by atoms with van der Waals surface area (Å²) < 4.78 is 7.83. The van der Waals surface area contributed by atoms with E-state index in [0.717, 1.165) is 29.2 Å². The van der Waals surface area contributed by atoms with Crippen LogP contribution in [0.15, 0.2) is 30.6 Å². The maximum atomic E-state index is 8.67. The third kappa shape index (κ3) is 3.62. The number of hydrogen-bond acceptors (Lipinski definition) is 3. The van der Waals surface area contributed by atoms with Crippen molar-refractivity contribution in [3.05, 3.63) is 47.5 Å². The lowest BCUT2D eigenvalue weighted by Crippen LogP contribution is -2.09. The number of aliphatic hydroxyl groups is 1. The van der Waals surface area contributed by atoms with Crippen molar-refractivity contribution >= 4 is 0 Å². The van der Waals surface area contributed by atoms with Gasteiger partial charge >= 0.3 is 0 Å². The second kappa shape index (κ2) is 6.78. The smallest absolute Gasteiger partial charge is 0.122 e. The third-order valence-electron chi connectivity index (χ3n) is 3.00. The molecule has 1 N–H and O–H groups in total. The minimum atomic E-state index is -0.123. The van der Waals surface area contributed by atoms with Crippen LogP contribution in [0.2, 0.25) is 0 Å². The first-order chi connectivity index (χ1) is 9.70. The van der Waals surface area contributed by atoms with Crippen molar-refractivity contribution in [2.24, 2.45) is 0 Å². The highest BCUT2D eigenvalue weighted by Crippen LogP contribution is 2.18. The molecule has 0 fully saturated rings. The molecule has 2 rings (SSSR count). The summed E-state index contributed by atoms with van der Waals surface area (Å²) in [4.78, 5) is 4.17. The molecule has 0 aliphatic heterocycles. The fourth-order valence-electron chi connectivity index (χ4n) is 1.92. The fourth-order valence-corrected chi connectivity index (χ4v) is 1.92. The van der Waals surface area contributed by atoms with E-state index in [1.165, 1.54) is 0 Å². The SMILES string of the molecule is Cc1cc(C#CCO)ccc1OCCn1ccnc1C. The Balaban J connectivity index is 1.95. The summed E-state index contributed by atoms with van der Waals surface area (Å²) in [5.41, 5.74) is 1.92. The molecule has 1 aromatic carbocycles. The zero-order chi connectivity index (χ0) is 14.4. The molecule has 2 aromatic rings. The summed E-state index contributed by atoms with van der Waals surface area (Å²) in [6.45, 7) is 5.21. The van der Waals surface area contributed by atoms with Crippen LogP contribution in [0.25, 0.3) is 0 Å². The van der Waals surface area contributed by atoms with Crippen LogP contribution in [0.1, 0.15) is 17.0 Å². The van der Waals surface area contributed by atoms with Crippen molar-refractivity contribution in [3.8, 4) is 17.6 Å². The first-order valence-electron chi connectivity index (χ1n) is 6.51. The highest BCUT2D eigenvalue weighted by Gasteiger charge is 2.01. The molecule has 0 saturated carbocycles. The molecular weight excluding hydrogens is 252 g/mol. The lowest BCUT2D eigenvalue weighted by molar-refractivity contribution is 0.295. The minimum absolute atomic E-state index is 0.123. The summed E-state index contributed by atoms with van der Waals surface area (Å²) in [5, 5.41) is 8.67. The molecule has 0 amide bonds. The van der Waals surface area contributed by atoms with Gasteiger partial charge in [-0.3, -0.25) is 0 Å². The number of imidazole rings is 1. The number of rotatable bonds is 4. The summed E-state index contributed by atoms with van der Waals surface area (Å²) in [6, 6.07) is 5.77. The molecule has 4 nitrogen and oxygen atoms in total. The van der Waals surface area contributed by atoms with Crippen LogP contribution in [-0.2, 0) is 6.54 Å². The monoisotopic (exact) mass is 270 g/mol. The van der Waals surface area contributed by atoms with Crippen molar-refractivity contribution in [2.75, 3.05) is 13.2 Å². The zero-order valence-electron chi connectivity index (χ0n) is 11.8. The molecule has 20 heavy (non-hydrogen) atoms. The van der Waals surface area contributed by atoms with Crippen LogP contribution in [0.3, 0.4) is 0 Å². The second-order valence-electron chi connectivity index (χ2n) is 4.46. The van der Waals surface area contributed by atoms with Crippen molar-refractivity contribution in [3.63, 3.8) is 0 Å². The van der Waals surface area contributed by atoms with Gasteiger partial charge in [-0.25, -0.2) is 4.98 Å². The van der Waals surface area contributed by atoms with Gasteiger partial charge in [0.1, 0.15) is 24.8 Å². The quantitative estimate of drug-likeness (QED) is 0.863. The number of hydrogen-bond donors (Lipinski definition) is 1. The van der Waals surface area contributed by atoms with Gasteiger partial charge in [-0.05, 0) is 37.6 Å². The summed E-state index contributed by atoms with van der Waals surface area (Å²) >= 11 is 0. The first kappa shape index (κ1) is 14.2. The molecule has 1 aromatic heterocycles. The zero-order valence-corrected chi connectivity index (χ0v) is 11.8. The molecule has 0 unspecified atom stereocenters. The summed E-state index contributed by atoms with van der Waals surface area (Å²) in [6.07, 6.45) is 3.73. The molecule has 0 aliphatic carbocycles. The third-order valence-corrected chi connectivity index (χ3v) is 3.00. The molecule has 0 saturated heterocycles. The fraction of sp³-hybridized carbons (Fsp3) is 0.312. The highest BCUT2D eigenvalue weighted by molar-refractivity contribution is 5.43. The van der Waals surface area contributed by atoms with E-state index in [0.29, 0.717) is 6.61 Å². The Bertz CT molecular complexity index is 635. The van der Waals surface area contributed by atoms with E-state index < -0.39 is 0 Å². The van der Waals surface area contributed by atoms with Crippen LogP contribution in [0.5, 0.6) is 5.75 Å². The maximum absolute atomic E-state index is 8.67. The Morgan fingerprint density at radius 1 is 1.35 bits per heavy atom. The average Bonchev–Trinajstić information content (AvgIpc) is 2.84. The molecule has 0 radical (unpaired) electrons. The number of benzene rings is 1. The summed E-state index contributed by atoms with van der Waals surface area (Å²) in [5.74, 6) is 7.36. The van der Waals surface area contributed by atoms with Crippen molar-refractivity contribution in [1.82, 2.24) is 9.55 Å². The van der Waals surface area contributed by atoms with Gasteiger partial charge in [0, 0.05) is 18.0 Å². The lowest BCUT2D eigenvalue weighted by Gasteiger charge is -2.10. The van der Waals surface area contributed by atoms with Crippen LogP contribution in [-0.4, -0.2) is 27.9 Å². The number of nitrogens with zero attached hydrogens (tertiary/aromatic N) is 2. The van der Waals surface area contributed by atoms with Crippen LogP contribution >= 0.6 is 0 Å². The molecular formula is C16H18N2O2. The minimum Gasteiger partial charge on any atom is -0.491 e. The molecule has 0 spiro atoms. The van der Waals surface area contributed by atoms with E-state index in [-0.39, 0.29) is 6.61 Å². The molecule has 1 heterocycles. The van der Waals surface area contributed by atoms with Crippen molar-refractivity contribution in [2.45, 2.75) is 20.4 Å². The van der Waals surface area contributed by atoms with E-state index in [9.17, 15) is 0 Å². The molecule has 0 aliphatic rings. The molecule has 104 valence electrons. The number of ether oxygens (including phenoxy) is 1. The van der Waals surface area contributed by atoms with Gasteiger partial charge < -0.3 is 14.4 Å². The number of aliphatic hydroxyl groups excluding tert-OH is 1. The normalized spacial score (nSPS) is 9.95. The van der Waals surface area contributed by atoms with Gasteiger partial charge in [0.2, 0.25) is 0 Å². The van der Waals surface area contributed by atoms with Gasteiger partial charge in [-0.15, -0.1) is 0 Å².